The van der Waals surface area contributed by atoms with E-state index in [2.05, 4.69) is 17.6 Å². The molecule has 0 aromatic carbocycles. The van der Waals surface area contributed by atoms with Crippen LogP contribution in [0.15, 0.2) is 24.4 Å². The van der Waals surface area contributed by atoms with Gasteiger partial charge in [-0.2, -0.15) is 0 Å². The maximum atomic E-state index is 4.50. The van der Waals surface area contributed by atoms with Crippen LogP contribution in [0.3, 0.4) is 0 Å². The van der Waals surface area contributed by atoms with Gasteiger partial charge in [0.05, 0.1) is 0 Å². The first kappa shape index (κ1) is 9.11. The van der Waals surface area contributed by atoms with Crippen molar-refractivity contribution in [2.45, 2.75) is 13.3 Å². The highest BCUT2D eigenvalue weighted by Crippen LogP contribution is 1.91. The van der Waals surface area contributed by atoms with Crippen LogP contribution in [0.4, 0.5) is 0 Å². The number of aryl methyl sites for hydroxylation is 1. The van der Waals surface area contributed by atoms with Crippen molar-refractivity contribution in [3.05, 3.63) is 30.1 Å². The summed E-state index contributed by atoms with van der Waals surface area (Å²) in [6, 6.07) is 5.96. The van der Waals surface area contributed by atoms with Crippen molar-refractivity contribution in [2.24, 2.45) is 5.73 Å². The second-order valence-electron chi connectivity index (χ2n) is 1.67. The van der Waals surface area contributed by atoms with Crippen molar-refractivity contribution in [3.8, 4) is 0 Å². The standard InChI is InChI=1S/C7H9N.CH5N/c1-2-7-5-3-4-6-8-7;1-2/h3-6H,2H2,1H3;2H2,1H3. The molecule has 0 saturated carbocycles. The number of nitrogens with two attached hydrogens (primary N) is 1. The van der Waals surface area contributed by atoms with Crippen molar-refractivity contribution in [2.75, 3.05) is 7.05 Å². The Balaban J connectivity index is 0.000000371. The molecule has 0 saturated heterocycles. The fraction of sp³-hybridized carbons (Fsp3) is 0.375. The Kier molecular flexibility index (Phi) is 5.68. The second kappa shape index (κ2) is 6.23. The summed E-state index contributed by atoms with van der Waals surface area (Å²) < 4.78 is 0. The summed E-state index contributed by atoms with van der Waals surface area (Å²) in [7, 11) is 1.50. The Morgan fingerprint density at radius 1 is 1.40 bits per heavy atom. The highest BCUT2D eigenvalue weighted by atomic mass is 14.6. The summed E-state index contributed by atoms with van der Waals surface area (Å²) in [5.74, 6) is 0. The van der Waals surface area contributed by atoms with Gasteiger partial charge in [0.1, 0.15) is 0 Å². The summed E-state index contributed by atoms with van der Waals surface area (Å²) >= 11 is 0. The van der Waals surface area contributed by atoms with Crippen molar-refractivity contribution < 1.29 is 0 Å². The summed E-state index contributed by atoms with van der Waals surface area (Å²) in [4.78, 5) is 4.10. The van der Waals surface area contributed by atoms with E-state index < -0.39 is 0 Å². The highest BCUT2D eigenvalue weighted by Gasteiger charge is 1.81. The molecule has 0 aliphatic rings. The Morgan fingerprint density at radius 2 is 2.10 bits per heavy atom. The van der Waals surface area contributed by atoms with Crippen molar-refractivity contribution in [1.82, 2.24) is 4.98 Å². The molecule has 56 valence electrons. The number of hydrogen-bond acceptors (Lipinski definition) is 2. The summed E-state index contributed by atoms with van der Waals surface area (Å²) in [5.41, 5.74) is 5.66. The maximum Gasteiger partial charge on any atom is 0.0400 e. The van der Waals surface area contributed by atoms with Gasteiger partial charge in [0.2, 0.25) is 0 Å². The number of pyridine rings is 1. The summed E-state index contributed by atoms with van der Waals surface area (Å²) in [5, 5.41) is 0. The van der Waals surface area contributed by atoms with Crippen LogP contribution in [0.5, 0.6) is 0 Å². The van der Waals surface area contributed by atoms with Crippen molar-refractivity contribution in [3.63, 3.8) is 0 Å². The summed E-state index contributed by atoms with van der Waals surface area (Å²) in [6.45, 7) is 2.10. The van der Waals surface area contributed by atoms with Gasteiger partial charge in [0, 0.05) is 11.9 Å². The van der Waals surface area contributed by atoms with Gasteiger partial charge in [-0.1, -0.05) is 13.0 Å². The minimum absolute atomic E-state index is 1.03. The molecule has 2 N–H and O–H groups in total. The molecule has 0 radical (unpaired) electrons. The fourth-order valence-corrected chi connectivity index (χ4v) is 0.607. The lowest BCUT2D eigenvalue weighted by Gasteiger charge is -1.88. The molecule has 2 heteroatoms. The molecule has 1 rings (SSSR count). The molecule has 0 spiro atoms. The molecule has 0 bridgehead atoms. The highest BCUT2D eigenvalue weighted by molar-refractivity contribution is 5.02. The van der Waals surface area contributed by atoms with Crippen molar-refractivity contribution >= 4 is 0 Å². The molecule has 0 amide bonds. The van der Waals surface area contributed by atoms with Gasteiger partial charge in [0.25, 0.3) is 0 Å². The maximum absolute atomic E-state index is 4.50. The quantitative estimate of drug-likeness (QED) is 0.633. The van der Waals surface area contributed by atoms with Gasteiger partial charge < -0.3 is 5.73 Å². The first-order chi connectivity index (χ1) is 4.93. The topological polar surface area (TPSA) is 38.9 Å². The lowest BCUT2D eigenvalue weighted by molar-refractivity contribution is 1.04. The normalized spacial score (nSPS) is 7.90. The van der Waals surface area contributed by atoms with E-state index >= 15 is 0 Å². The zero-order valence-electron chi connectivity index (χ0n) is 6.54. The average molecular weight is 138 g/mol. The lowest BCUT2D eigenvalue weighted by atomic mass is 10.3. The third kappa shape index (κ3) is 3.20. The van der Waals surface area contributed by atoms with Crippen LogP contribution in [0.25, 0.3) is 0 Å². The van der Waals surface area contributed by atoms with Crippen LogP contribution in [0.2, 0.25) is 0 Å². The van der Waals surface area contributed by atoms with Gasteiger partial charge in [-0.25, -0.2) is 0 Å². The van der Waals surface area contributed by atoms with Crippen LogP contribution in [-0.2, 0) is 6.42 Å². The SMILES string of the molecule is CCc1ccccn1.CN. The Bertz CT molecular complexity index is 149. The van der Waals surface area contributed by atoms with E-state index in [1.54, 1.807) is 0 Å². The lowest BCUT2D eigenvalue weighted by Crippen LogP contribution is -1.81. The zero-order chi connectivity index (χ0) is 7.82. The second-order valence-corrected chi connectivity index (χ2v) is 1.67. The van der Waals surface area contributed by atoms with Crippen LogP contribution in [0, 0.1) is 0 Å². The molecule has 0 unspecified atom stereocenters. The predicted molar refractivity (Wildman–Crippen MR) is 43.7 cm³/mol. The van der Waals surface area contributed by atoms with Crippen LogP contribution < -0.4 is 5.73 Å². The summed E-state index contributed by atoms with van der Waals surface area (Å²) in [6.07, 6.45) is 2.85. The largest absolute Gasteiger partial charge is 0.333 e. The minimum Gasteiger partial charge on any atom is -0.333 e. The minimum atomic E-state index is 1.03. The molecule has 0 atom stereocenters. The van der Waals surface area contributed by atoms with Gasteiger partial charge >= 0.3 is 0 Å². The third-order valence-corrected chi connectivity index (χ3v) is 1.09. The van der Waals surface area contributed by atoms with E-state index in [9.17, 15) is 0 Å². The van der Waals surface area contributed by atoms with Gasteiger partial charge in [0.15, 0.2) is 0 Å². The monoisotopic (exact) mass is 138 g/mol. The Labute approximate surface area is 62.1 Å². The molecule has 0 aliphatic carbocycles. The molecule has 1 aromatic heterocycles. The smallest absolute Gasteiger partial charge is 0.0400 e. The molecular formula is C8H14N2. The predicted octanol–water partition coefficient (Wildman–Crippen LogP) is 1.22. The zero-order valence-corrected chi connectivity index (χ0v) is 6.54. The van der Waals surface area contributed by atoms with Crippen LogP contribution in [0.1, 0.15) is 12.6 Å². The van der Waals surface area contributed by atoms with E-state index in [4.69, 9.17) is 0 Å². The van der Waals surface area contributed by atoms with Crippen LogP contribution >= 0.6 is 0 Å². The Morgan fingerprint density at radius 3 is 2.40 bits per heavy atom. The van der Waals surface area contributed by atoms with Gasteiger partial charge in [-0.3, -0.25) is 4.98 Å². The van der Waals surface area contributed by atoms with Crippen LogP contribution in [-0.4, -0.2) is 12.0 Å². The van der Waals surface area contributed by atoms with E-state index in [-0.39, 0.29) is 0 Å². The Hall–Kier alpha value is -0.890. The molecular weight excluding hydrogens is 124 g/mol. The van der Waals surface area contributed by atoms with E-state index in [0.717, 1.165) is 12.1 Å². The molecule has 0 aliphatic heterocycles. The van der Waals surface area contributed by atoms with E-state index in [0.29, 0.717) is 0 Å². The molecule has 2 nitrogen and oxygen atoms in total. The molecule has 1 aromatic rings. The van der Waals surface area contributed by atoms with Gasteiger partial charge in [-0.05, 0) is 25.6 Å². The third-order valence-electron chi connectivity index (χ3n) is 1.09. The number of rotatable bonds is 1. The van der Waals surface area contributed by atoms with E-state index in [1.165, 1.54) is 7.05 Å². The number of aromatic nitrogens is 1. The first-order valence-electron chi connectivity index (χ1n) is 3.41. The van der Waals surface area contributed by atoms with E-state index in [1.807, 2.05) is 24.4 Å². The molecule has 1 heterocycles. The van der Waals surface area contributed by atoms with Gasteiger partial charge in [-0.15, -0.1) is 0 Å². The average Bonchev–Trinajstić information content (AvgIpc) is 2.10. The number of hydrogen-bond donors (Lipinski definition) is 1. The number of nitrogens with zero attached hydrogens (tertiary/aromatic N) is 1. The van der Waals surface area contributed by atoms with Crippen molar-refractivity contribution in [1.29, 1.82) is 0 Å². The first-order valence-corrected chi connectivity index (χ1v) is 3.41. The molecule has 10 heavy (non-hydrogen) atoms. The fourth-order valence-electron chi connectivity index (χ4n) is 0.607. The molecule has 0 fully saturated rings.